The fraction of sp³-hybridized carbons (Fsp3) is 0.136. The van der Waals surface area contributed by atoms with Crippen molar-refractivity contribution >= 4 is 35.0 Å². The Balaban J connectivity index is 1.73. The molecule has 29 heavy (non-hydrogen) atoms. The zero-order valence-corrected chi connectivity index (χ0v) is 17.0. The number of anilines is 1. The lowest BCUT2D eigenvalue weighted by atomic mass is 10.1. The van der Waals surface area contributed by atoms with Gasteiger partial charge >= 0.3 is 0 Å². The molecule has 0 aliphatic carbocycles. The van der Waals surface area contributed by atoms with Gasteiger partial charge in [-0.1, -0.05) is 23.7 Å². The van der Waals surface area contributed by atoms with Gasteiger partial charge in [-0.2, -0.15) is 10.1 Å². The van der Waals surface area contributed by atoms with Gasteiger partial charge in [0.05, 0.1) is 28.2 Å². The second kappa shape index (κ2) is 7.22. The standard InChI is InChI=1S/C22H19ClN4O2/c1-13-5-4-6-18(11-13)27-22(29)20(15(3)25-27)12-19-14(2)24-26(21(19)28)17-9-7-16(23)8-10-17/h4-12,24H,1-3H3/b20-12+. The number of aryl methyl sites for hydroxylation is 2. The summed E-state index contributed by atoms with van der Waals surface area (Å²) in [5.74, 6) is -0.258. The van der Waals surface area contributed by atoms with Crippen LogP contribution in [0.2, 0.25) is 5.02 Å². The van der Waals surface area contributed by atoms with Crippen LogP contribution in [-0.2, 0) is 4.79 Å². The minimum Gasteiger partial charge on any atom is -0.295 e. The van der Waals surface area contributed by atoms with Gasteiger partial charge in [0.25, 0.3) is 11.5 Å². The van der Waals surface area contributed by atoms with Crippen LogP contribution in [0.3, 0.4) is 0 Å². The van der Waals surface area contributed by atoms with Gasteiger partial charge in [-0.05, 0) is 68.8 Å². The van der Waals surface area contributed by atoms with Crippen LogP contribution >= 0.6 is 11.6 Å². The van der Waals surface area contributed by atoms with Crippen molar-refractivity contribution in [3.05, 3.63) is 86.3 Å². The monoisotopic (exact) mass is 406 g/mol. The van der Waals surface area contributed by atoms with E-state index < -0.39 is 0 Å². The van der Waals surface area contributed by atoms with Gasteiger partial charge in [-0.15, -0.1) is 0 Å². The fourth-order valence-electron chi connectivity index (χ4n) is 3.26. The van der Waals surface area contributed by atoms with Crippen molar-refractivity contribution in [2.24, 2.45) is 5.10 Å². The van der Waals surface area contributed by atoms with E-state index in [1.54, 1.807) is 44.2 Å². The molecule has 1 amide bonds. The Morgan fingerprint density at radius 2 is 1.72 bits per heavy atom. The minimum atomic E-state index is -0.258. The third-order valence-corrected chi connectivity index (χ3v) is 5.05. The molecule has 3 aromatic rings. The number of benzene rings is 2. The van der Waals surface area contributed by atoms with Crippen molar-refractivity contribution in [3.63, 3.8) is 0 Å². The molecule has 0 bridgehead atoms. The number of halogens is 1. The zero-order chi connectivity index (χ0) is 20.7. The van der Waals surface area contributed by atoms with Gasteiger partial charge in [-0.3, -0.25) is 14.7 Å². The Labute approximate surface area is 172 Å². The molecule has 0 atom stereocenters. The lowest BCUT2D eigenvalue weighted by Crippen LogP contribution is -2.22. The van der Waals surface area contributed by atoms with E-state index in [0.29, 0.717) is 38.9 Å². The molecule has 146 valence electrons. The first-order valence-electron chi connectivity index (χ1n) is 9.11. The highest BCUT2D eigenvalue weighted by atomic mass is 35.5. The molecule has 0 spiro atoms. The van der Waals surface area contributed by atoms with Crippen molar-refractivity contribution < 1.29 is 4.79 Å². The molecule has 1 aliphatic heterocycles. The van der Waals surface area contributed by atoms with Crippen LogP contribution in [0.4, 0.5) is 5.69 Å². The van der Waals surface area contributed by atoms with E-state index in [1.165, 1.54) is 9.69 Å². The normalized spacial score (nSPS) is 15.3. The molecule has 1 N–H and O–H groups in total. The van der Waals surface area contributed by atoms with E-state index in [1.807, 2.05) is 31.2 Å². The molecule has 0 saturated heterocycles. The maximum Gasteiger partial charge on any atom is 0.280 e. The summed E-state index contributed by atoms with van der Waals surface area (Å²) in [6.07, 6.45) is 1.61. The summed E-state index contributed by atoms with van der Waals surface area (Å²) in [4.78, 5) is 25.9. The van der Waals surface area contributed by atoms with Crippen molar-refractivity contribution in [2.45, 2.75) is 20.8 Å². The summed E-state index contributed by atoms with van der Waals surface area (Å²) < 4.78 is 1.43. The van der Waals surface area contributed by atoms with E-state index >= 15 is 0 Å². The van der Waals surface area contributed by atoms with E-state index in [9.17, 15) is 9.59 Å². The van der Waals surface area contributed by atoms with Crippen LogP contribution in [0.25, 0.3) is 11.8 Å². The number of amides is 1. The predicted molar refractivity (Wildman–Crippen MR) is 116 cm³/mol. The summed E-state index contributed by atoms with van der Waals surface area (Å²) in [7, 11) is 0. The summed E-state index contributed by atoms with van der Waals surface area (Å²) in [6, 6.07) is 14.5. The van der Waals surface area contributed by atoms with Gasteiger partial charge in [-0.25, -0.2) is 4.68 Å². The lowest BCUT2D eigenvalue weighted by Gasteiger charge is -2.12. The molecule has 4 rings (SSSR count). The van der Waals surface area contributed by atoms with Crippen LogP contribution in [0.15, 0.2) is 64.0 Å². The van der Waals surface area contributed by atoms with E-state index in [0.717, 1.165) is 5.56 Å². The Morgan fingerprint density at radius 1 is 1.00 bits per heavy atom. The number of hydrogen-bond donors (Lipinski definition) is 1. The van der Waals surface area contributed by atoms with Gasteiger partial charge < -0.3 is 0 Å². The number of hydrogen-bond acceptors (Lipinski definition) is 3. The van der Waals surface area contributed by atoms with Crippen molar-refractivity contribution in [1.82, 2.24) is 9.78 Å². The first kappa shape index (κ1) is 19.0. The summed E-state index contributed by atoms with van der Waals surface area (Å²) in [6.45, 7) is 5.52. The number of carbonyl (C=O) groups excluding carboxylic acids is 1. The van der Waals surface area contributed by atoms with Crippen molar-refractivity contribution in [2.75, 3.05) is 5.01 Å². The van der Waals surface area contributed by atoms with Crippen LogP contribution < -0.4 is 10.6 Å². The first-order chi connectivity index (χ1) is 13.8. The second-order valence-electron chi connectivity index (χ2n) is 6.97. The van der Waals surface area contributed by atoms with Crippen molar-refractivity contribution in [1.29, 1.82) is 0 Å². The van der Waals surface area contributed by atoms with Crippen LogP contribution in [0.1, 0.15) is 23.7 Å². The summed E-state index contributed by atoms with van der Waals surface area (Å²) >= 11 is 5.93. The molecule has 0 saturated carbocycles. The number of aromatic nitrogens is 2. The molecule has 0 radical (unpaired) electrons. The minimum absolute atomic E-state index is 0.244. The second-order valence-corrected chi connectivity index (χ2v) is 7.40. The Kier molecular flexibility index (Phi) is 4.72. The van der Waals surface area contributed by atoms with E-state index in [-0.39, 0.29) is 11.5 Å². The summed E-state index contributed by atoms with van der Waals surface area (Å²) in [5.41, 5.74) is 4.19. The molecule has 7 heteroatoms. The molecule has 2 heterocycles. The number of rotatable bonds is 3. The molecular formula is C22H19ClN4O2. The molecule has 6 nitrogen and oxygen atoms in total. The van der Waals surface area contributed by atoms with Gasteiger partial charge in [0.2, 0.25) is 0 Å². The largest absolute Gasteiger partial charge is 0.295 e. The third kappa shape index (κ3) is 3.43. The number of nitrogens with zero attached hydrogens (tertiary/aromatic N) is 3. The Hall–Kier alpha value is -3.38. The van der Waals surface area contributed by atoms with Crippen LogP contribution in [0, 0.1) is 13.8 Å². The zero-order valence-electron chi connectivity index (χ0n) is 16.2. The predicted octanol–water partition coefficient (Wildman–Crippen LogP) is 4.24. The molecule has 1 aromatic heterocycles. The molecule has 2 aromatic carbocycles. The summed E-state index contributed by atoms with van der Waals surface area (Å²) in [5, 5.41) is 9.40. The van der Waals surface area contributed by atoms with Crippen molar-refractivity contribution in [3.8, 4) is 5.69 Å². The number of aromatic amines is 1. The number of carbonyl (C=O) groups is 1. The number of nitrogens with one attached hydrogen (secondary N) is 1. The molecular weight excluding hydrogens is 388 g/mol. The van der Waals surface area contributed by atoms with Gasteiger partial charge in [0, 0.05) is 10.7 Å². The van der Waals surface area contributed by atoms with E-state index in [4.69, 9.17) is 11.6 Å². The Morgan fingerprint density at radius 3 is 2.41 bits per heavy atom. The molecule has 0 fully saturated rings. The highest BCUT2D eigenvalue weighted by Crippen LogP contribution is 2.25. The van der Waals surface area contributed by atoms with E-state index in [2.05, 4.69) is 10.2 Å². The molecule has 1 aliphatic rings. The fourth-order valence-corrected chi connectivity index (χ4v) is 3.39. The maximum absolute atomic E-state index is 13.0. The SMILES string of the molecule is CC1=NN(c2cccc(C)c2)C(=O)/C1=C/c1c(C)[nH]n(-c2ccc(Cl)cc2)c1=O. The maximum atomic E-state index is 13.0. The lowest BCUT2D eigenvalue weighted by molar-refractivity contribution is -0.114. The molecule has 0 unspecified atom stereocenters. The Bertz CT molecular complexity index is 1230. The number of H-pyrrole nitrogens is 1. The first-order valence-corrected chi connectivity index (χ1v) is 9.49. The average Bonchev–Trinajstić information content (AvgIpc) is 3.13. The van der Waals surface area contributed by atoms with Gasteiger partial charge in [0.1, 0.15) is 0 Å². The third-order valence-electron chi connectivity index (χ3n) is 4.80. The quantitative estimate of drug-likeness (QED) is 0.661. The van der Waals surface area contributed by atoms with Crippen LogP contribution in [0.5, 0.6) is 0 Å². The van der Waals surface area contributed by atoms with Crippen LogP contribution in [-0.4, -0.2) is 21.4 Å². The average molecular weight is 407 g/mol. The van der Waals surface area contributed by atoms with Gasteiger partial charge in [0.15, 0.2) is 0 Å². The topological polar surface area (TPSA) is 70.5 Å². The smallest absolute Gasteiger partial charge is 0.280 e. The number of hydrazone groups is 1. The highest BCUT2D eigenvalue weighted by molar-refractivity contribution is 6.32. The highest BCUT2D eigenvalue weighted by Gasteiger charge is 2.29.